The summed E-state index contributed by atoms with van der Waals surface area (Å²) < 4.78 is 10.8. The molecule has 1 saturated heterocycles. The summed E-state index contributed by atoms with van der Waals surface area (Å²) in [6, 6.07) is 0. The van der Waals surface area contributed by atoms with Crippen LogP contribution in [0, 0.1) is 0 Å². The molecule has 1 rings (SSSR count). The SMILES string of the molecule is CCOCCCN=C(NN)NCCC1CCCO1. The number of nitrogens with zero attached hydrogens (tertiary/aromatic N) is 1. The molecule has 0 saturated carbocycles. The molecule has 0 aliphatic carbocycles. The fourth-order valence-electron chi connectivity index (χ4n) is 1.88. The van der Waals surface area contributed by atoms with Gasteiger partial charge in [-0.1, -0.05) is 0 Å². The van der Waals surface area contributed by atoms with Crippen LogP contribution in [0.15, 0.2) is 4.99 Å². The number of hydrogen-bond donors (Lipinski definition) is 3. The summed E-state index contributed by atoms with van der Waals surface area (Å²) in [7, 11) is 0. The molecule has 0 bridgehead atoms. The highest BCUT2D eigenvalue weighted by Crippen LogP contribution is 2.14. The van der Waals surface area contributed by atoms with Crippen molar-refractivity contribution in [2.75, 3.05) is 32.9 Å². The van der Waals surface area contributed by atoms with Crippen molar-refractivity contribution in [1.29, 1.82) is 0 Å². The van der Waals surface area contributed by atoms with Crippen LogP contribution in [0.2, 0.25) is 0 Å². The van der Waals surface area contributed by atoms with E-state index in [4.69, 9.17) is 15.3 Å². The average Bonchev–Trinajstić information content (AvgIpc) is 2.89. The molecule has 1 aliphatic heterocycles. The van der Waals surface area contributed by atoms with E-state index in [1.807, 2.05) is 6.92 Å². The van der Waals surface area contributed by atoms with E-state index in [0.29, 0.717) is 18.6 Å². The molecule has 0 aromatic heterocycles. The average molecular weight is 258 g/mol. The molecular formula is C12H26N4O2. The smallest absolute Gasteiger partial charge is 0.205 e. The quantitative estimate of drug-likeness (QED) is 0.193. The number of nitrogens with two attached hydrogens (primary N) is 1. The van der Waals surface area contributed by atoms with E-state index in [0.717, 1.165) is 39.2 Å². The van der Waals surface area contributed by atoms with Crippen molar-refractivity contribution in [1.82, 2.24) is 10.7 Å². The lowest BCUT2D eigenvalue weighted by molar-refractivity contribution is 0.105. The van der Waals surface area contributed by atoms with E-state index in [1.54, 1.807) is 0 Å². The van der Waals surface area contributed by atoms with Crippen molar-refractivity contribution >= 4 is 5.96 Å². The first-order valence-electron chi connectivity index (χ1n) is 6.81. The monoisotopic (exact) mass is 258 g/mol. The van der Waals surface area contributed by atoms with E-state index < -0.39 is 0 Å². The van der Waals surface area contributed by atoms with Crippen LogP contribution in [-0.2, 0) is 9.47 Å². The van der Waals surface area contributed by atoms with E-state index in [-0.39, 0.29) is 0 Å². The van der Waals surface area contributed by atoms with E-state index in [1.165, 1.54) is 12.8 Å². The molecular weight excluding hydrogens is 232 g/mol. The summed E-state index contributed by atoms with van der Waals surface area (Å²) in [5.74, 6) is 6.05. The Morgan fingerprint density at radius 1 is 1.56 bits per heavy atom. The van der Waals surface area contributed by atoms with Crippen molar-refractivity contribution in [2.45, 2.75) is 38.7 Å². The maximum atomic E-state index is 5.55. The molecule has 0 amide bonds. The second kappa shape index (κ2) is 10.1. The van der Waals surface area contributed by atoms with E-state index in [2.05, 4.69) is 15.7 Å². The topological polar surface area (TPSA) is 80.9 Å². The minimum Gasteiger partial charge on any atom is -0.382 e. The van der Waals surface area contributed by atoms with Gasteiger partial charge < -0.3 is 14.8 Å². The lowest BCUT2D eigenvalue weighted by Crippen LogP contribution is -2.42. The standard InChI is InChI=1S/C12H26N4O2/c1-2-17-9-4-7-14-12(16-13)15-8-6-11-5-3-10-18-11/h11H,2-10,13H2,1H3,(H2,14,15,16). The third kappa shape index (κ3) is 6.78. The molecule has 1 unspecified atom stereocenters. The molecule has 1 aliphatic rings. The van der Waals surface area contributed by atoms with Gasteiger partial charge >= 0.3 is 0 Å². The van der Waals surface area contributed by atoms with Crippen molar-refractivity contribution in [3.8, 4) is 0 Å². The van der Waals surface area contributed by atoms with Gasteiger partial charge in [-0.25, -0.2) is 5.84 Å². The fourth-order valence-corrected chi connectivity index (χ4v) is 1.88. The first-order valence-corrected chi connectivity index (χ1v) is 6.81. The number of ether oxygens (including phenoxy) is 2. The maximum Gasteiger partial charge on any atom is 0.205 e. The summed E-state index contributed by atoms with van der Waals surface area (Å²) in [5, 5.41) is 3.18. The molecule has 1 heterocycles. The largest absolute Gasteiger partial charge is 0.382 e. The van der Waals surface area contributed by atoms with Gasteiger partial charge in [-0.3, -0.25) is 10.4 Å². The third-order valence-electron chi connectivity index (χ3n) is 2.84. The predicted octanol–water partition coefficient (Wildman–Crippen LogP) is 0.391. The van der Waals surface area contributed by atoms with Crippen LogP contribution < -0.4 is 16.6 Å². The highest BCUT2D eigenvalue weighted by molar-refractivity contribution is 5.79. The predicted molar refractivity (Wildman–Crippen MR) is 72.3 cm³/mol. The van der Waals surface area contributed by atoms with Gasteiger partial charge in [0.2, 0.25) is 5.96 Å². The van der Waals surface area contributed by atoms with Crippen molar-refractivity contribution in [2.24, 2.45) is 10.8 Å². The van der Waals surface area contributed by atoms with Crippen LogP contribution in [0.3, 0.4) is 0 Å². The Morgan fingerprint density at radius 3 is 3.11 bits per heavy atom. The van der Waals surface area contributed by atoms with Gasteiger partial charge in [0.25, 0.3) is 0 Å². The first kappa shape index (κ1) is 15.2. The lowest BCUT2D eigenvalue weighted by Gasteiger charge is -2.12. The number of guanidine groups is 1. The van der Waals surface area contributed by atoms with Gasteiger partial charge in [0.1, 0.15) is 0 Å². The van der Waals surface area contributed by atoms with Crippen LogP contribution in [0.25, 0.3) is 0 Å². The van der Waals surface area contributed by atoms with Crippen LogP contribution in [0.5, 0.6) is 0 Å². The lowest BCUT2D eigenvalue weighted by atomic mass is 10.2. The molecule has 0 aromatic rings. The second-order valence-corrected chi connectivity index (χ2v) is 4.28. The zero-order chi connectivity index (χ0) is 13.1. The van der Waals surface area contributed by atoms with E-state index >= 15 is 0 Å². The summed E-state index contributed by atoms with van der Waals surface area (Å²) in [5.41, 5.74) is 2.58. The number of hydrogen-bond acceptors (Lipinski definition) is 4. The van der Waals surface area contributed by atoms with Gasteiger partial charge in [-0.2, -0.15) is 0 Å². The molecule has 0 aromatic carbocycles. The molecule has 6 heteroatoms. The molecule has 6 nitrogen and oxygen atoms in total. The minimum atomic E-state index is 0.398. The number of nitrogens with one attached hydrogen (secondary N) is 2. The Morgan fingerprint density at radius 2 is 2.44 bits per heavy atom. The van der Waals surface area contributed by atoms with Crippen molar-refractivity contribution in [3.63, 3.8) is 0 Å². The summed E-state index contributed by atoms with van der Waals surface area (Å²) in [6.07, 6.45) is 4.65. The highest BCUT2D eigenvalue weighted by Gasteiger charge is 2.14. The second-order valence-electron chi connectivity index (χ2n) is 4.28. The number of aliphatic imine (C=N–C) groups is 1. The molecule has 0 spiro atoms. The Kier molecular flexibility index (Phi) is 8.54. The van der Waals surface area contributed by atoms with Gasteiger partial charge in [-0.05, 0) is 32.6 Å². The van der Waals surface area contributed by atoms with Crippen LogP contribution >= 0.6 is 0 Å². The molecule has 0 radical (unpaired) electrons. The van der Waals surface area contributed by atoms with Crippen molar-refractivity contribution < 1.29 is 9.47 Å². The molecule has 4 N–H and O–H groups in total. The minimum absolute atomic E-state index is 0.398. The van der Waals surface area contributed by atoms with Crippen LogP contribution in [0.1, 0.15) is 32.6 Å². The molecule has 1 fully saturated rings. The maximum absolute atomic E-state index is 5.55. The Hall–Kier alpha value is -0.850. The van der Waals surface area contributed by atoms with Crippen LogP contribution in [-0.4, -0.2) is 45.0 Å². The zero-order valence-corrected chi connectivity index (χ0v) is 11.3. The van der Waals surface area contributed by atoms with Gasteiger partial charge in [0, 0.05) is 32.9 Å². The molecule has 1 atom stereocenters. The summed E-state index contributed by atoms with van der Waals surface area (Å²) >= 11 is 0. The summed E-state index contributed by atoms with van der Waals surface area (Å²) in [4.78, 5) is 4.33. The normalized spacial score (nSPS) is 20.1. The van der Waals surface area contributed by atoms with Crippen LogP contribution in [0.4, 0.5) is 0 Å². The highest BCUT2D eigenvalue weighted by atomic mass is 16.5. The summed E-state index contributed by atoms with van der Waals surface area (Å²) in [6.45, 7) is 5.94. The van der Waals surface area contributed by atoms with Gasteiger partial charge in [-0.15, -0.1) is 0 Å². The first-order chi connectivity index (χ1) is 8.86. The fraction of sp³-hybridized carbons (Fsp3) is 0.917. The Balaban J connectivity index is 2.05. The number of rotatable bonds is 8. The van der Waals surface area contributed by atoms with Crippen molar-refractivity contribution in [3.05, 3.63) is 0 Å². The zero-order valence-electron chi connectivity index (χ0n) is 11.3. The van der Waals surface area contributed by atoms with Gasteiger partial charge in [0.15, 0.2) is 0 Å². The molecule has 18 heavy (non-hydrogen) atoms. The van der Waals surface area contributed by atoms with Gasteiger partial charge in [0.05, 0.1) is 6.10 Å². The third-order valence-corrected chi connectivity index (χ3v) is 2.84. The molecule has 106 valence electrons. The Bertz CT molecular complexity index is 230. The Labute approximate surface area is 109 Å². The van der Waals surface area contributed by atoms with E-state index in [9.17, 15) is 0 Å². The number of hydrazine groups is 1.